The Kier molecular flexibility index (Phi) is 6.76. The number of halogens is 1. The quantitative estimate of drug-likeness (QED) is 0.316. The van der Waals surface area contributed by atoms with Gasteiger partial charge in [-0.1, -0.05) is 18.2 Å². The lowest BCUT2D eigenvalue weighted by Crippen LogP contribution is -2.36. The van der Waals surface area contributed by atoms with Crippen molar-refractivity contribution in [3.63, 3.8) is 0 Å². The zero-order chi connectivity index (χ0) is 23.7. The Morgan fingerprint density at radius 2 is 1.79 bits per heavy atom. The Hall–Kier alpha value is -2.85. The maximum absolute atomic E-state index is 12.9. The largest absolute Gasteiger partial charge is 0.325 e. The van der Waals surface area contributed by atoms with E-state index in [1.54, 1.807) is 30.3 Å². The molecule has 0 radical (unpaired) electrons. The van der Waals surface area contributed by atoms with Crippen LogP contribution >= 0.6 is 34.4 Å². The predicted octanol–water partition coefficient (Wildman–Crippen LogP) is 5.68. The normalized spacial score (nSPS) is 14.9. The van der Waals surface area contributed by atoms with Crippen molar-refractivity contribution in [2.24, 2.45) is 0 Å². The van der Waals surface area contributed by atoms with E-state index in [0.717, 1.165) is 39.3 Å². The molecule has 1 saturated heterocycles. The molecule has 0 spiro atoms. The van der Waals surface area contributed by atoms with Crippen LogP contribution in [0.3, 0.4) is 0 Å². The van der Waals surface area contributed by atoms with E-state index in [9.17, 15) is 14.4 Å². The number of anilines is 1. The Balaban J connectivity index is 1.55. The summed E-state index contributed by atoms with van der Waals surface area (Å²) >= 11 is 3.17. The number of hydrogen-bond acceptors (Lipinski definition) is 4. The van der Waals surface area contributed by atoms with Gasteiger partial charge in [0.05, 0.1) is 4.91 Å². The Morgan fingerprint density at radius 3 is 2.48 bits per heavy atom. The first-order chi connectivity index (χ1) is 15.7. The highest BCUT2D eigenvalue weighted by Gasteiger charge is 2.36. The van der Waals surface area contributed by atoms with Gasteiger partial charge in [-0.15, -0.1) is 0 Å². The lowest BCUT2D eigenvalue weighted by Gasteiger charge is -2.12. The van der Waals surface area contributed by atoms with Crippen LogP contribution in [0.25, 0.3) is 11.8 Å². The molecule has 2 aromatic carbocycles. The number of carbonyl (C=O) groups is 3. The summed E-state index contributed by atoms with van der Waals surface area (Å²) < 4.78 is 3.33. The number of hydrogen-bond donors (Lipinski definition) is 1. The first kappa shape index (κ1) is 23.3. The molecule has 1 aliphatic heterocycles. The van der Waals surface area contributed by atoms with Crippen LogP contribution in [0, 0.1) is 24.3 Å². The number of carbonyl (C=O) groups excluding carboxylic acids is 3. The van der Waals surface area contributed by atoms with Gasteiger partial charge in [-0.2, -0.15) is 0 Å². The standard InChI is InChI=1S/C25H22IN3O3S/c1-15-11-20(9-10-21(15)26)29-16(2)12-18(17(29)3)13-22-24(31)28(25(32)33-22)14-23(30)27-19-7-5-4-6-8-19/h4-13H,14H2,1-3H3,(H,27,30)/b22-13-. The van der Waals surface area contributed by atoms with Gasteiger partial charge >= 0.3 is 0 Å². The Bertz CT molecular complexity index is 1300. The zero-order valence-electron chi connectivity index (χ0n) is 18.4. The molecule has 0 aliphatic carbocycles. The number of nitrogens with zero attached hydrogens (tertiary/aromatic N) is 2. The number of benzene rings is 2. The number of aromatic nitrogens is 1. The van der Waals surface area contributed by atoms with Crippen LogP contribution < -0.4 is 5.32 Å². The average Bonchev–Trinajstić information content (AvgIpc) is 3.20. The fraction of sp³-hybridized carbons (Fsp3) is 0.160. The van der Waals surface area contributed by atoms with E-state index < -0.39 is 17.1 Å². The van der Waals surface area contributed by atoms with E-state index >= 15 is 0 Å². The van der Waals surface area contributed by atoms with Crippen LogP contribution in [-0.4, -0.2) is 33.1 Å². The van der Waals surface area contributed by atoms with Crippen molar-refractivity contribution >= 4 is 63.2 Å². The highest BCUT2D eigenvalue weighted by Crippen LogP contribution is 2.34. The van der Waals surface area contributed by atoms with Gasteiger partial charge < -0.3 is 9.88 Å². The van der Waals surface area contributed by atoms with Gasteiger partial charge in [-0.05, 0) is 109 Å². The Labute approximate surface area is 210 Å². The third-order valence-corrected chi connectivity index (χ3v) is 7.51. The lowest BCUT2D eigenvalue weighted by atomic mass is 10.2. The van der Waals surface area contributed by atoms with Crippen molar-refractivity contribution in [1.29, 1.82) is 0 Å². The van der Waals surface area contributed by atoms with Crippen molar-refractivity contribution in [2.45, 2.75) is 20.8 Å². The summed E-state index contributed by atoms with van der Waals surface area (Å²) in [4.78, 5) is 39.0. The molecule has 33 heavy (non-hydrogen) atoms. The monoisotopic (exact) mass is 571 g/mol. The van der Waals surface area contributed by atoms with Crippen molar-refractivity contribution in [1.82, 2.24) is 9.47 Å². The first-order valence-electron chi connectivity index (χ1n) is 10.3. The fourth-order valence-corrected chi connectivity index (χ4v) is 4.91. The molecule has 0 atom stereocenters. The number of nitrogens with one attached hydrogen (secondary N) is 1. The van der Waals surface area contributed by atoms with Gasteiger partial charge in [-0.25, -0.2) is 0 Å². The molecule has 8 heteroatoms. The molecule has 6 nitrogen and oxygen atoms in total. The summed E-state index contributed by atoms with van der Waals surface area (Å²) in [5.74, 6) is -0.875. The van der Waals surface area contributed by atoms with Crippen LogP contribution in [0.5, 0.6) is 0 Å². The number of para-hydroxylation sites is 1. The second kappa shape index (κ2) is 9.56. The third-order valence-electron chi connectivity index (χ3n) is 5.39. The van der Waals surface area contributed by atoms with Gasteiger partial charge in [0.1, 0.15) is 6.54 Å². The maximum Gasteiger partial charge on any atom is 0.294 e. The van der Waals surface area contributed by atoms with Crippen molar-refractivity contribution in [3.05, 3.63) is 85.6 Å². The van der Waals surface area contributed by atoms with E-state index in [-0.39, 0.29) is 6.54 Å². The summed E-state index contributed by atoms with van der Waals surface area (Å²) in [6.45, 7) is 5.75. The van der Waals surface area contributed by atoms with Crippen molar-refractivity contribution in [2.75, 3.05) is 11.9 Å². The SMILES string of the molecule is Cc1cc(-n2c(C)cc(/C=C3\SC(=O)N(CC(=O)Nc4ccccc4)C3=O)c2C)ccc1I. The molecule has 4 rings (SSSR count). The molecular weight excluding hydrogens is 549 g/mol. The summed E-state index contributed by atoms with van der Waals surface area (Å²) in [6, 6.07) is 17.2. The van der Waals surface area contributed by atoms with Crippen LogP contribution in [0.4, 0.5) is 10.5 Å². The van der Waals surface area contributed by atoms with Crippen LogP contribution in [0.1, 0.15) is 22.5 Å². The highest BCUT2D eigenvalue weighted by molar-refractivity contribution is 14.1. The molecule has 1 N–H and O–H groups in total. The van der Waals surface area contributed by atoms with E-state index in [1.807, 2.05) is 26.0 Å². The molecule has 1 fully saturated rings. The lowest BCUT2D eigenvalue weighted by molar-refractivity contribution is -0.127. The molecule has 3 aromatic rings. The maximum atomic E-state index is 12.9. The third kappa shape index (κ3) is 4.91. The van der Waals surface area contributed by atoms with Gasteiger partial charge in [0, 0.05) is 26.3 Å². The number of rotatable bonds is 5. The van der Waals surface area contributed by atoms with E-state index in [1.165, 1.54) is 9.13 Å². The molecule has 2 heterocycles. The molecule has 0 saturated carbocycles. The smallest absolute Gasteiger partial charge is 0.294 e. The first-order valence-corrected chi connectivity index (χ1v) is 12.2. The van der Waals surface area contributed by atoms with Crippen molar-refractivity contribution in [3.8, 4) is 5.69 Å². The minimum absolute atomic E-state index is 0.312. The summed E-state index contributed by atoms with van der Waals surface area (Å²) in [5.41, 5.74) is 5.72. The van der Waals surface area contributed by atoms with Crippen molar-refractivity contribution < 1.29 is 14.4 Å². The summed E-state index contributed by atoms with van der Waals surface area (Å²) in [5, 5.41) is 2.26. The Morgan fingerprint density at radius 1 is 1.06 bits per heavy atom. The number of thioether (sulfide) groups is 1. The number of aryl methyl sites for hydroxylation is 2. The summed E-state index contributed by atoms with van der Waals surface area (Å²) in [6.07, 6.45) is 1.73. The fourth-order valence-electron chi connectivity index (χ4n) is 3.74. The molecule has 168 valence electrons. The van der Waals surface area contributed by atoms with E-state index in [4.69, 9.17) is 0 Å². The molecule has 1 aromatic heterocycles. The summed E-state index contributed by atoms with van der Waals surface area (Å²) in [7, 11) is 0. The van der Waals surface area contributed by atoms with Gasteiger partial charge in [0.2, 0.25) is 5.91 Å². The second-order valence-corrected chi connectivity index (χ2v) is 9.93. The minimum atomic E-state index is -0.455. The molecule has 0 unspecified atom stereocenters. The number of imide groups is 1. The molecule has 1 aliphatic rings. The van der Waals surface area contributed by atoms with E-state index in [2.05, 4.69) is 57.6 Å². The predicted molar refractivity (Wildman–Crippen MR) is 140 cm³/mol. The van der Waals surface area contributed by atoms with Gasteiger partial charge in [-0.3, -0.25) is 19.3 Å². The average molecular weight is 571 g/mol. The molecular formula is C25H22IN3O3S. The zero-order valence-corrected chi connectivity index (χ0v) is 21.4. The topological polar surface area (TPSA) is 71.4 Å². The van der Waals surface area contributed by atoms with Crippen LogP contribution in [0.2, 0.25) is 0 Å². The van der Waals surface area contributed by atoms with E-state index in [0.29, 0.717) is 10.6 Å². The molecule has 3 amide bonds. The highest BCUT2D eigenvalue weighted by atomic mass is 127. The minimum Gasteiger partial charge on any atom is -0.325 e. The second-order valence-electron chi connectivity index (χ2n) is 7.78. The van der Waals surface area contributed by atoms with Crippen LogP contribution in [0.15, 0.2) is 59.5 Å². The van der Waals surface area contributed by atoms with Crippen LogP contribution in [-0.2, 0) is 9.59 Å². The van der Waals surface area contributed by atoms with Gasteiger partial charge in [0.15, 0.2) is 0 Å². The number of amides is 3. The van der Waals surface area contributed by atoms with Gasteiger partial charge in [0.25, 0.3) is 11.1 Å². The molecule has 0 bridgehead atoms.